The Morgan fingerprint density at radius 1 is 1.15 bits per heavy atom. The molecule has 1 aliphatic rings. The fourth-order valence-electron chi connectivity index (χ4n) is 2.92. The van der Waals surface area contributed by atoms with Crippen molar-refractivity contribution in [2.75, 3.05) is 7.11 Å². The van der Waals surface area contributed by atoms with E-state index in [-0.39, 0.29) is 22.1 Å². The highest BCUT2D eigenvalue weighted by molar-refractivity contribution is 7.89. The first-order valence-electron chi connectivity index (χ1n) is 8.38. The summed E-state index contributed by atoms with van der Waals surface area (Å²) < 4.78 is 51.8. The lowest BCUT2D eigenvalue weighted by Gasteiger charge is -2.29. The Morgan fingerprint density at radius 2 is 1.81 bits per heavy atom. The van der Waals surface area contributed by atoms with Crippen LogP contribution in [-0.4, -0.2) is 37.6 Å². The van der Waals surface area contributed by atoms with Crippen LogP contribution in [0.15, 0.2) is 35.5 Å². The monoisotopic (exact) mass is 415 g/mol. The second-order valence-corrected chi connectivity index (χ2v) is 8.28. The number of hydrogen-bond donors (Lipinski definition) is 1. The van der Waals surface area contributed by atoms with Gasteiger partial charge in [-0.3, -0.25) is 0 Å². The van der Waals surface area contributed by atoms with Crippen molar-refractivity contribution in [2.45, 2.75) is 42.7 Å². The van der Waals surface area contributed by atoms with Gasteiger partial charge in [0.1, 0.15) is 11.9 Å². The topological polar surface area (TPSA) is 90.4 Å². The predicted octanol–water partition coefficient (Wildman–Crippen LogP) is 2.95. The second-order valence-electron chi connectivity index (χ2n) is 6.16. The lowest BCUT2D eigenvalue weighted by Crippen LogP contribution is -2.39. The molecule has 1 saturated carbocycles. The zero-order valence-corrected chi connectivity index (χ0v) is 16.1. The van der Waals surface area contributed by atoms with Crippen molar-refractivity contribution in [2.24, 2.45) is 0 Å². The van der Waals surface area contributed by atoms with Crippen LogP contribution in [0.4, 0.5) is 4.39 Å². The van der Waals surface area contributed by atoms with Crippen molar-refractivity contribution in [1.82, 2.24) is 14.7 Å². The van der Waals surface area contributed by atoms with Crippen LogP contribution in [0.25, 0.3) is 0 Å². The number of halogens is 2. The molecule has 0 bridgehead atoms. The molecule has 10 heteroatoms. The molecule has 0 atom stereocenters. The molecule has 0 saturated heterocycles. The minimum atomic E-state index is -3.77. The zero-order valence-electron chi connectivity index (χ0n) is 14.6. The first kappa shape index (κ1) is 19.8. The summed E-state index contributed by atoms with van der Waals surface area (Å²) in [6.45, 7) is 0. The van der Waals surface area contributed by atoms with Crippen LogP contribution in [0.2, 0.25) is 5.02 Å². The van der Waals surface area contributed by atoms with E-state index >= 15 is 0 Å². The first-order valence-corrected chi connectivity index (χ1v) is 10.2. The fraction of sp³-hybridized carbons (Fsp3) is 0.412. The number of nitrogens with one attached hydrogen (secondary N) is 1. The van der Waals surface area contributed by atoms with Gasteiger partial charge in [-0.1, -0.05) is 11.6 Å². The smallest absolute Gasteiger partial charge is 0.278 e. The molecule has 0 unspecified atom stereocenters. The van der Waals surface area contributed by atoms with E-state index < -0.39 is 15.8 Å². The molecule has 3 rings (SSSR count). The van der Waals surface area contributed by atoms with Crippen molar-refractivity contribution in [3.8, 4) is 11.8 Å². The molecule has 1 aliphatic carbocycles. The van der Waals surface area contributed by atoms with Gasteiger partial charge in [0, 0.05) is 18.4 Å². The van der Waals surface area contributed by atoms with Crippen LogP contribution in [0.3, 0.4) is 0 Å². The molecule has 0 amide bonds. The molecule has 1 N–H and O–H groups in total. The van der Waals surface area contributed by atoms with E-state index in [9.17, 15) is 12.8 Å². The van der Waals surface area contributed by atoms with Gasteiger partial charge in [-0.25, -0.2) is 27.5 Å². The van der Waals surface area contributed by atoms with Gasteiger partial charge in [-0.15, -0.1) is 0 Å². The van der Waals surface area contributed by atoms with Gasteiger partial charge in [0.2, 0.25) is 10.0 Å². The molecular weight excluding hydrogens is 397 g/mol. The summed E-state index contributed by atoms with van der Waals surface area (Å²) in [5, 5.41) is -0.229. The Morgan fingerprint density at radius 3 is 2.44 bits per heavy atom. The van der Waals surface area contributed by atoms with Crippen LogP contribution in [0.5, 0.6) is 11.8 Å². The lowest BCUT2D eigenvalue weighted by atomic mass is 9.94. The van der Waals surface area contributed by atoms with E-state index in [0.29, 0.717) is 37.4 Å². The quantitative estimate of drug-likeness (QED) is 0.780. The molecule has 1 heterocycles. The summed E-state index contributed by atoms with van der Waals surface area (Å²) in [7, 11) is -2.28. The van der Waals surface area contributed by atoms with Crippen LogP contribution in [0.1, 0.15) is 25.7 Å². The highest BCUT2D eigenvalue weighted by Gasteiger charge is 2.28. The third kappa shape index (κ3) is 4.85. The molecule has 146 valence electrons. The molecule has 0 spiro atoms. The number of aromatic nitrogens is 2. The molecule has 27 heavy (non-hydrogen) atoms. The fourth-order valence-corrected chi connectivity index (χ4v) is 4.50. The molecule has 1 aromatic heterocycles. The van der Waals surface area contributed by atoms with Crippen LogP contribution < -0.4 is 14.2 Å². The van der Waals surface area contributed by atoms with Gasteiger partial charge in [0.05, 0.1) is 17.0 Å². The maximum Gasteiger partial charge on any atom is 0.278 e. The molecule has 0 radical (unpaired) electrons. The van der Waals surface area contributed by atoms with Gasteiger partial charge in [-0.05, 0) is 43.9 Å². The molecular formula is C17H19ClFN3O4S. The van der Waals surface area contributed by atoms with E-state index in [0.717, 1.165) is 12.1 Å². The van der Waals surface area contributed by atoms with Crippen LogP contribution >= 0.6 is 11.6 Å². The average Bonchev–Trinajstić information content (AvgIpc) is 2.65. The van der Waals surface area contributed by atoms with Gasteiger partial charge in [0.25, 0.3) is 11.8 Å². The average molecular weight is 416 g/mol. The summed E-state index contributed by atoms with van der Waals surface area (Å²) in [5.41, 5.74) is 0. The van der Waals surface area contributed by atoms with Crippen molar-refractivity contribution in [1.29, 1.82) is 0 Å². The number of nitrogens with zero attached hydrogens (tertiary/aromatic N) is 2. The Labute approximate surface area is 161 Å². The van der Waals surface area contributed by atoms with E-state index in [2.05, 4.69) is 14.7 Å². The molecule has 0 aliphatic heterocycles. The molecule has 1 aromatic carbocycles. The summed E-state index contributed by atoms with van der Waals surface area (Å²) in [6, 6.07) is 3.10. The van der Waals surface area contributed by atoms with Crippen molar-refractivity contribution in [3.05, 3.63) is 41.4 Å². The number of rotatable bonds is 6. The Hall–Kier alpha value is -1.97. The van der Waals surface area contributed by atoms with E-state index in [4.69, 9.17) is 21.1 Å². The number of sulfonamides is 1. The van der Waals surface area contributed by atoms with Crippen molar-refractivity contribution in [3.63, 3.8) is 0 Å². The summed E-state index contributed by atoms with van der Waals surface area (Å²) in [5.74, 6) is -0.0220. The number of hydrogen-bond acceptors (Lipinski definition) is 6. The van der Waals surface area contributed by atoms with Crippen LogP contribution in [0, 0.1) is 5.82 Å². The first-order chi connectivity index (χ1) is 12.9. The van der Waals surface area contributed by atoms with Crippen molar-refractivity contribution < 1.29 is 22.3 Å². The number of methoxy groups -OCH3 is 1. The summed E-state index contributed by atoms with van der Waals surface area (Å²) in [6.07, 6.45) is 5.43. The number of benzene rings is 1. The largest absolute Gasteiger partial charge is 0.477 e. The van der Waals surface area contributed by atoms with Gasteiger partial charge in [-0.2, -0.15) is 0 Å². The third-order valence-electron chi connectivity index (χ3n) is 4.30. The Bertz CT molecular complexity index is 905. The third-order valence-corrected chi connectivity index (χ3v) is 6.11. The lowest BCUT2D eigenvalue weighted by molar-refractivity contribution is 0.132. The van der Waals surface area contributed by atoms with Gasteiger partial charge in [0.15, 0.2) is 0 Å². The molecule has 2 aromatic rings. The second kappa shape index (κ2) is 8.37. The van der Waals surface area contributed by atoms with E-state index in [1.54, 1.807) is 0 Å². The SMILES string of the molecule is COc1nccnc1OC1CCC(NS(=O)(=O)c2ccc(F)c(Cl)c2)CC1. The summed E-state index contributed by atoms with van der Waals surface area (Å²) >= 11 is 5.68. The standard InChI is InChI=1S/C17H19ClFN3O4S/c1-25-16-17(21-9-8-20-16)26-12-4-2-11(3-5-12)22-27(23,24)13-6-7-15(19)14(18)10-13/h6-12,22H,2-5H2,1H3. The molecule has 7 nitrogen and oxygen atoms in total. The minimum absolute atomic E-state index is 0.0587. The molecule has 1 fully saturated rings. The number of ether oxygens (including phenoxy) is 2. The normalized spacial score (nSPS) is 20.3. The minimum Gasteiger partial charge on any atom is -0.477 e. The zero-order chi connectivity index (χ0) is 19.4. The maximum absolute atomic E-state index is 13.2. The van der Waals surface area contributed by atoms with E-state index in [1.165, 1.54) is 25.6 Å². The van der Waals surface area contributed by atoms with Crippen LogP contribution in [-0.2, 0) is 10.0 Å². The van der Waals surface area contributed by atoms with Gasteiger partial charge < -0.3 is 9.47 Å². The predicted molar refractivity (Wildman–Crippen MR) is 97.0 cm³/mol. The summed E-state index contributed by atoms with van der Waals surface area (Å²) in [4.78, 5) is 8.09. The van der Waals surface area contributed by atoms with Gasteiger partial charge >= 0.3 is 0 Å². The maximum atomic E-state index is 13.2. The Balaban J connectivity index is 1.58. The highest BCUT2D eigenvalue weighted by atomic mass is 35.5. The van der Waals surface area contributed by atoms with E-state index in [1.807, 2.05) is 0 Å². The van der Waals surface area contributed by atoms with Crippen molar-refractivity contribution >= 4 is 21.6 Å². The Kier molecular flexibility index (Phi) is 6.13. The highest BCUT2D eigenvalue weighted by Crippen LogP contribution is 2.28.